The molecule has 1 saturated heterocycles. The number of anilines is 1. The first kappa shape index (κ1) is 15.2. The predicted octanol–water partition coefficient (Wildman–Crippen LogP) is 1.57. The van der Waals surface area contributed by atoms with E-state index in [4.69, 9.17) is 10.5 Å². The summed E-state index contributed by atoms with van der Waals surface area (Å²) in [5.41, 5.74) is 3.79. The van der Waals surface area contributed by atoms with Crippen LogP contribution in [0.25, 0.3) is 0 Å². The summed E-state index contributed by atoms with van der Waals surface area (Å²) in [4.78, 5) is 24.1. The van der Waals surface area contributed by atoms with Crippen molar-refractivity contribution in [3.05, 3.63) is 33.6 Å². The predicted molar refractivity (Wildman–Crippen MR) is 73.4 cm³/mol. The second-order valence-electron chi connectivity index (χ2n) is 5.48. The zero-order valence-electron chi connectivity index (χ0n) is 11.8. The molecule has 0 spiro atoms. The molecule has 2 N–H and O–H groups in total. The number of nitro benzene ring substituents is 1. The summed E-state index contributed by atoms with van der Waals surface area (Å²) in [6.45, 7) is 4.58. The molecule has 1 aromatic rings. The maximum absolute atomic E-state index is 13.4. The van der Waals surface area contributed by atoms with Gasteiger partial charge in [-0.15, -0.1) is 0 Å². The summed E-state index contributed by atoms with van der Waals surface area (Å²) in [7, 11) is 0. The van der Waals surface area contributed by atoms with Gasteiger partial charge in [-0.2, -0.15) is 0 Å². The molecule has 8 heteroatoms. The van der Waals surface area contributed by atoms with E-state index >= 15 is 0 Å². The summed E-state index contributed by atoms with van der Waals surface area (Å²) < 4.78 is 18.9. The monoisotopic (exact) mass is 297 g/mol. The number of nitrogens with two attached hydrogens (primary N) is 1. The van der Waals surface area contributed by atoms with Crippen LogP contribution < -0.4 is 5.73 Å². The third kappa shape index (κ3) is 3.10. The zero-order valence-corrected chi connectivity index (χ0v) is 11.8. The number of nitrogens with zero attached hydrogens (tertiary/aromatic N) is 2. The average Bonchev–Trinajstić information content (AvgIpc) is 2.39. The van der Waals surface area contributed by atoms with Crippen molar-refractivity contribution in [2.75, 3.05) is 25.4 Å². The molecule has 1 fully saturated rings. The molecule has 1 aromatic carbocycles. The summed E-state index contributed by atoms with van der Waals surface area (Å²) in [5, 5.41) is 11.0. The highest BCUT2D eigenvalue weighted by Gasteiger charge is 2.33. The molecule has 114 valence electrons. The molecule has 1 aliphatic heterocycles. The van der Waals surface area contributed by atoms with Crippen LogP contribution in [0.4, 0.5) is 15.8 Å². The molecule has 0 aromatic heterocycles. The van der Waals surface area contributed by atoms with Gasteiger partial charge in [0.1, 0.15) is 5.56 Å². The molecule has 2 rings (SSSR count). The third-order valence-corrected chi connectivity index (χ3v) is 3.25. The lowest BCUT2D eigenvalue weighted by atomic mass is 10.1. The number of ether oxygens (including phenoxy) is 1. The molecule has 0 radical (unpaired) electrons. The van der Waals surface area contributed by atoms with Crippen LogP contribution in [0.2, 0.25) is 0 Å². The second-order valence-corrected chi connectivity index (χ2v) is 5.48. The first-order valence-electron chi connectivity index (χ1n) is 6.38. The minimum absolute atomic E-state index is 0.211. The molecular formula is C13H16FN3O4. The number of hydrogen-bond donors (Lipinski definition) is 1. The third-order valence-electron chi connectivity index (χ3n) is 3.25. The Balaban J connectivity index is 2.39. The fraction of sp³-hybridized carbons (Fsp3) is 0.462. The largest absolute Gasteiger partial charge is 0.396 e. The van der Waals surface area contributed by atoms with Gasteiger partial charge in [-0.1, -0.05) is 0 Å². The van der Waals surface area contributed by atoms with E-state index in [2.05, 4.69) is 0 Å². The minimum Gasteiger partial charge on any atom is -0.396 e. The number of amides is 1. The van der Waals surface area contributed by atoms with Crippen molar-refractivity contribution >= 4 is 17.3 Å². The van der Waals surface area contributed by atoms with Crippen LogP contribution in [-0.4, -0.2) is 41.0 Å². The molecule has 1 aliphatic rings. The van der Waals surface area contributed by atoms with E-state index in [0.717, 1.165) is 6.07 Å². The molecule has 0 unspecified atom stereocenters. The smallest absolute Gasteiger partial charge is 0.285 e. The van der Waals surface area contributed by atoms with E-state index in [1.165, 1.54) is 4.90 Å². The number of carbonyl (C=O) groups is 1. The summed E-state index contributed by atoms with van der Waals surface area (Å²) >= 11 is 0. The Labute approximate surface area is 120 Å². The normalized spacial score (nSPS) is 17.6. The van der Waals surface area contributed by atoms with E-state index < -0.39 is 27.9 Å². The first-order chi connectivity index (χ1) is 9.71. The summed E-state index contributed by atoms with van der Waals surface area (Å²) in [5.74, 6) is -1.47. The Hall–Kier alpha value is -2.22. The fourth-order valence-corrected chi connectivity index (χ4v) is 2.26. The van der Waals surface area contributed by atoms with Crippen LogP contribution in [0.3, 0.4) is 0 Å². The molecule has 0 atom stereocenters. The van der Waals surface area contributed by atoms with Crippen LogP contribution in [0.1, 0.15) is 24.2 Å². The number of nitro groups is 1. The highest BCUT2D eigenvalue weighted by Crippen LogP contribution is 2.27. The molecule has 1 heterocycles. The van der Waals surface area contributed by atoms with Gasteiger partial charge in [0.2, 0.25) is 0 Å². The van der Waals surface area contributed by atoms with Gasteiger partial charge in [0.15, 0.2) is 5.82 Å². The maximum atomic E-state index is 13.4. The van der Waals surface area contributed by atoms with Crippen LogP contribution in [-0.2, 0) is 4.74 Å². The first-order valence-corrected chi connectivity index (χ1v) is 6.38. The molecule has 1 amide bonds. The molecular weight excluding hydrogens is 281 g/mol. The highest BCUT2D eigenvalue weighted by atomic mass is 19.1. The van der Waals surface area contributed by atoms with E-state index in [9.17, 15) is 19.3 Å². The van der Waals surface area contributed by atoms with Gasteiger partial charge in [0, 0.05) is 13.1 Å². The Morgan fingerprint density at radius 1 is 1.52 bits per heavy atom. The standard InChI is InChI=1S/C13H16FN3O4/c1-13(2)7-16(3-4-21-13)12(18)8-5-10(15)9(14)6-11(8)17(19)20/h5-6H,3-4,7,15H2,1-2H3. The van der Waals surface area contributed by atoms with E-state index in [-0.39, 0.29) is 11.3 Å². The van der Waals surface area contributed by atoms with Gasteiger partial charge < -0.3 is 15.4 Å². The number of nitrogen functional groups attached to an aromatic ring is 1. The van der Waals surface area contributed by atoms with E-state index in [0.29, 0.717) is 25.8 Å². The lowest BCUT2D eigenvalue weighted by molar-refractivity contribution is -0.385. The van der Waals surface area contributed by atoms with Crippen molar-refractivity contribution in [2.24, 2.45) is 0 Å². The van der Waals surface area contributed by atoms with Crippen molar-refractivity contribution in [2.45, 2.75) is 19.4 Å². The highest BCUT2D eigenvalue weighted by molar-refractivity contribution is 5.99. The molecule has 0 saturated carbocycles. The number of hydrogen-bond acceptors (Lipinski definition) is 5. The zero-order chi connectivity index (χ0) is 15.8. The Morgan fingerprint density at radius 3 is 2.76 bits per heavy atom. The quantitative estimate of drug-likeness (QED) is 0.507. The molecule has 0 bridgehead atoms. The van der Waals surface area contributed by atoms with Gasteiger partial charge in [-0.3, -0.25) is 14.9 Å². The molecule has 7 nitrogen and oxygen atoms in total. The number of morpholine rings is 1. The van der Waals surface area contributed by atoms with Crippen molar-refractivity contribution in [3.8, 4) is 0 Å². The van der Waals surface area contributed by atoms with Crippen molar-refractivity contribution in [1.82, 2.24) is 4.90 Å². The van der Waals surface area contributed by atoms with Gasteiger partial charge in [-0.25, -0.2) is 4.39 Å². The minimum atomic E-state index is -0.916. The van der Waals surface area contributed by atoms with Crippen LogP contribution in [0.5, 0.6) is 0 Å². The SMILES string of the molecule is CC1(C)CN(C(=O)c2cc(N)c(F)cc2[N+](=O)[O-])CCO1. The maximum Gasteiger partial charge on any atom is 0.285 e. The van der Waals surface area contributed by atoms with E-state index in [1.807, 2.05) is 13.8 Å². The van der Waals surface area contributed by atoms with Gasteiger partial charge in [0.25, 0.3) is 11.6 Å². The summed E-state index contributed by atoms with van der Waals surface area (Å²) in [6.07, 6.45) is 0. The van der Waals surface area contributed by atoms with Crippen LogP contribution in [0, 0.1) is 15.9 Å². The van der Waals surface area contributed by atoms with Crippen LogP contribution >= 0.6 is 0 Å². The molecule has 0 aliphatic carbocycles. The van der Waals surface area contributed by atoms with Crippen LogP contribution in [0.15, 0.2) is 12.1 Å². The van der Waals surface area contributed by atoms with E-state index in [1.54, 1.807) is 0 Å². The molecule has 21 heavy (non-hydrogen) atoms. The average molecular weight is 297 g/mol. The van der Waals surface area contributed by atoms with Gasteiger partial charge in [0.05, 0.1) is 28.9 Å². The van der Waals surface area contributed by atoms with Crippen molar-refractivity contribution < 1.29 is 18.8 Å². The number of rotatable bonds is 2. The Bertz CT molecular complexity index is 603. The van der Waals surface area contributed by atoms with Gasteiger partial charge in [-0.05, 0) is 19.9 Å². The number of benzene rings is 1. The number of halogens is 1. The van der Waals surface area contributed by atoms with Crippen molar-refractivity contribution in [1.29, 1.82) is 0 Å². The summed E-state index contributed by atoms with van der Waals surface area (Å²) in [6, 6.07) is 1.69. The Kier molecular flexibility index (Phi) is 3.82. The Morgan fingerprint density at radius 2 is 2.19 bits per heavy atom. The fourth-order valence-electron chi connectivity index (χ4n) is 2.26. The van der Waals surface area contributed by atoms with Crippen molar-refractivity contribution in [3.63, 3.8) is 0 Å². The second kappa shape index (κ2) is 5.28. The lowest BCUT2D eigenvalue weighted by Gasteiger charge is -2.38. The topological polar surface area (TPSA) is 98.7 Å². The van der Waals surface area contributed by atoms with Gasteiger partial charge >= 0.3 is 0 Å². The lowest BCUT2D eigenvalue weighted by Crippen LogP contribution is -2.50. The number of carbonyl (C=O) groups excluding carboxylic acids is 1.